The summed E-state index contributed by atoms with van der Waals surface area (Å²) in [6.07, 6.45) is -0.651. The van der Waals surface area contributed by atoms with Crippen LogP contribution in [0.25, 0.3) is 11.0 Å². The lowest BCUT2D eigenvalue weighted by molar-refractivity contribution is -0.139. The first kappa shape index (κ1) is 14.8. The van der Waals surface area contributed by atoms with E-state index in [0.717, 1.165) is 11.9 Å². The van der Waals surface area contributed by atoms with Crippen LogP contribution in [0, 0.1) is 0 Å². The highest BCUT2D eigenvalue weighted by atomic mass is 35.5. The fourth-order valence-electron chi connectivity index (χ4n) is 2.23. The van der Waals surface area contributed by atoms with E-state index in [-0.39, 0.29) is 12.5 Å². The Hall–Kier alpha value is -1.59. The van der Waals surface area contributed by atoms with Gasteiger partial charge >= 0.3 is 5.97 Å². The van der Waals surface area contributed by atoms with Crippen LogP contribution < -0.4 is 0 Å². The van der Waals surface area contributed by atoms with Crippen molar-refractivity contribution >= 4 is 28.6 Å². The van der Waals surface area contributed by atoms with Gasteiger partial charge < -0.3 is 14.8 Å². The van der Waals surface area contributed by atoms with E-state index in [4.69, 9.17) is 16.7 Å². The molecule has 1 aromatic heterocycles. The number of carboxylic acid groups (broad SMARTS) is 1. The predicted octanol–water partition coefficient (Wildman–Crippen LogP) is 3.17. The van der Waals surface area contributed by atoms with Crippen molar-refractivity contribution in [2.24, 2.45) is 0 Å². The Labute approximate surface area is 121 Å². The minimum absolute atomic E-state index is 0.111. The van der Waals surface area contributed by atoms with Gasteiger partial charge in [-0.15, -0.1) is 0 Å². The molecule has 1 aromatic carbocycles. The molecule has 0 spiro atoms. The zero-order chi connectivity index (χ0) is 14.9. The van der Waals surface area contributed by atoms with Crippen molar-refractivity contribution in [2.75, 3.05) is 0 Å². The molecule has 0 aliphatic heterocycles. The van der Waals surface area contributed by atoms with Crippen LogP contribution in [0.4, 0.5) is 0 Å². The van der Waals surface area contributed by atoms with Crippen LogP contribution in [0.1, 0.15) is 44.7 Å². The second-order valence-corrected chi connectivity index (χ2v) is 5.28. The zero-order valence-electron chi connectivity index (χ0n) is 11.4. The van der Waals surface area contributed by atoms with Gasteiger partial charge in [-0.05, 0) is 31.5 Å². The molecule has 0 fully saturated rings. The van der Waals surface area contributed by atoms with Gasteiger partial charge in [-0.3, -0.25) is 4.79 Å². The Morgan fingerprint density at radius 2 is 2.20 bits per heavy atom. The molecule has 6 heteroatoms. The molecule has 1 heterocycles. The van der Waals surface area contributed by atoms with E-state index in [9.17, 15) is 9.90 Å². The summed E-state index contributed by atoms with van der Waals surface area (Å²) in [7, 11) is 0. The van der Waals surface area contributed by atoms with Gasteiger partial charge in [-0.25, -0.2) is 4.98 Å². The number of carbonyl (C=O) groups is 1. The van der Waals surface area contributed by atoms with Crippen LogP contribution in [0.2, 0.25) is 5.02 Å². The van der Waals surface area contributed by atoms with Crippen molar-refractivity contribution in [3.05, 3.63) is 29.0 Å². The third-order valence-corrected chi connectivity index (χ3v) is 3.61. The zero-order valence-corrected chi connectivity index (χ0v) is 12.1. The molecule has 108 valence electrons. The number of fused-ring (bicyclic) bond motifs is 1. The lowest BCUT2D eigenvalue weighted by atomic mass is 10.2. The lowest BCUT2D eigenvalue weighted by Gasteiger charge is -2.18. The highest BCUT2D eigenvalue weighted by Gasteiger charge is 2.22. The second-order valence-electron chi connectivity index (χ2n) is 4.84. The topological polar surface area (TPSA) is 75.4 Å². The molecule has 0 saturated heterocycles. The number of imidazole rings is 1. The first-order chi connectivity index (χ1) is 9.43. The number of hydrogen-bond donors (Lipinski definition) is 2. The molecule has 20 heavy (non-hydrogen) atoms. The SMILES string of the molecule is CCC(C)n1c(C(O)CC(=O)O)nc2cc(Cl)ccc21. The molecule has 2 N–H and O–H groups in total. The van der Waals surface area contributed by atoms with E-state index < -0.39 is 12.1 Å². The normalized spacial score (nSPS) is 14.4. The number of aliphatic hydroxyl groups is 1. The van der Waals surface area contributed by atoms with Crippen molar-refractivity contribution in [1.29, 1.82) is 0 Å². The summed E-state index contributed by atoms with van der Waals surface area (Å²) >= 11 is 5.95. The fraction of sp³-hybridized carbons (Fsp3) is 0.429. The highest BCUT2D eigenvalue weighted by Crippen LogP contribution is 2.29. The van der Waals surface area contributed by atoms with Gasteiger partial charge in [-0.2, -0.15) is 0 Å². The summed E-state index contributed by atoms with van der Waals surface area (Å²) in [6, 6.07) is 5.43. The van der Waals surface area contributed by atoms with Gasteiger partial charge in [0.1, 0.15) is 11.9 Å². The largest absolute Gasteiger partial charge is 0.481 e. The van der Waals surface area contributed by atoms with E-state index in [1.54, 1.807) is 12.1 Å². The molecule has 0 radical (unpaired) electrons. The first-order valence-corrected chi connectivity index (χ1v) is 6.89. The third-order valence-electron chi connectivity index (χ3n) is 3.38. The number of hydrogen-bond acceptors (Lipinski definition) is 3. The minimum Gasteiger partial charge on any atom is -0.481 e. The molecule has 0 bridgehead atoms. The van der Waals surface area contributed by atoms with Gasteiger partial charge in [0.05, 0.1) is 17.5 Å². The predicted molar refractivity (Wildman–Crippen MR) is 77.0 cm³/mol. The number of aromatic nitrogens is 2. The molecule has 2 aromatic rings. The van der Waals surface area contributed by atoms with Crippen molar-refractivity contribution in [3.63, 3.8) is 0 Å². The number of nitrogens with zero attached hydrogens (tertiary/aromatic N) is 2. The number of benzene rings is 1. The molecular weight excluding hydrogens is 280 g/mol. The molecule has 0 amide bonds. The molecule has 5 nitrogen and oxygen atoms in total. The molecule has 2 unspecified atom stereocenters. The summed E-state index contributed by atoms with van der Waals surface area (Å²) in [5.41, 5.74) is 1.51. The van der Waals surface area contributed by atoms with Gasteiger partial charge in [-0.1, -0.05) is 18.5 Å². The van der Waals surface area contributed by atoms with Crippen molar-refractivity contribution in [3.8, 4) is 0 Å². The average Bonchev–Trinajstić information content (AvgIpc) is 2.75. The lowest BCUT2D eigenvalue weighted by Crippen LogP contribution is -2.15. The average molecular weight is 297 g/mol. The van der Waals surface area contributed by atoms with Crippen LogP contribution in [0.3, 0.4) is 0 Å². The van der Waals surface area contributed by atoms with Gasteiger partial charge in [0, 0.05) is 11.1 Å². The summed E-state index contributed by atoms with van der Waals surface area (Å²) in [5.74, 6) is -0.683. The van der Waals surface area contributed by atoms with E-state index in [1.807, 2.05) is 24.5 Å². The number of halogens is 1. The maximum Gasteiger partial charge on any atom is 0.306 e. The smallest absolute Gasteiger partial charge is 0.306 e. The van der Waals surface area contributed by atoms with Gasteiger partial charge in [0.25, 0.3) is 0 Å². The van der Waals surface area contributed by atoms with E-state index in [0.29, 0.717) is 16.4 Å². The Morgan fingerprint density at radius 1 is 1.50 bits per heavy atom. The van der Waals surface area contributed by atoms with E-state index >= 15 is 0 Å². The van der Waals surface area contributed by atoms with Crippen molar-refractivity contribution in [1.82, 2.24) is 9.55 Å². The summed E-state index contributed by atoms with van der Waals surface area (Å²) in [5, 5.41) is 19.5. The van der Waals surface area contributed by atoms with Crippen LogP contribution in [-0.2, 0) is 4.79 Å². The molecule has 0 aliphatic rings. The number of aliphatic hydroxyl groups excluding tert-OH is 1. The molecule has 2 rings (SSSR count). The summed E-state index contributed by atoms with van der Waals surface area (Å²) in [4.78, 5) is 15.1. The molecular formula is C14H17ClN2O3. The maximum absolute atomic E-state index is 10.8. The van der Waals surface area contributed by atoms with E-state index in [2.05, 4.69) is 4.98 Å². The van der Waals surface area contributed by atoms with Crippen molar-refractivity contribution < 1.29 is 15.0 Å². The van der Waals surface area contributed by atoms with Crippen LogP contribution in [0.15, 0.2) is 18.2 Å². The maximum atomic E-state index is 10.8. The quantitative estimate of drug-likeness (QED) is 0.888. The van der Waals surface area contributed by atoms with Gasteiger partial charge in [0.15, 0.2) is 0 Å². The Balaban J connectivity index is 2.59. The van der Waals surface area contributed by atoms with E-state index in [1.165, 1.54) is 0 Å². The third kappa shape index (κ3) is 2.78. The monoisotopic (exact) mass is 296 g/mol. The Morgan fingerprint density at radius 3 is 2.80 bits per heavy atom. The van der Waals surface area contributed by atoms with Crippen molar-refractivity contribution in [2.45, 2.75) is 38.8 Å². The standard InChI is InChI=1S/C14H17ClN2O3/c1-3-8(2)17-11-5-4-9(15)6-10(11)16-14(17)12(18)7-13(19)20/h4-6,8,12,18H,3,7H2,1-2H3,(H,19,20). The Bertz CT molecular complexity index is 639. The van der Waals surface area contributed by atoms with Crippen LogP contribution >= 0.6 is 11.6 Å². The summed E-state index contributed by atoms with van der Waals surface area (Å²) < 4.78 is 1.89. The fourth-order valence-corrected chi connectivity index (χ4v) is 2.39. The summed E-state index contributed by atoms with van der Waals surface area (Å²) in [6.45, 7) is 4.03. The molecule has 0 aliphatic carbocycles. The van der Waals surface area contributed by atoms with Crippen LogP contribution in [0.5, 0.6) is 0 Å². The molecule has 2 atom stereocenters. The van der Waals surface area contributed by atoms with Gasteiger partial charge in [0.2, 0.25) is 0 Å². The number of rotatable bonds is 5. The Kier molecular flexibility index (Phi) is 4.30. The molecule has 0 saturated carbocycles. The second kappa shape index (κ2) is 5.81. The van der Waals surface area contributed by atoms with Crippen LogP contribution in [-0.4, -0.2) is 25.7 Å². The minimum atomic E-state index is -1.13. The highest BCUT2D eigenvalue weighted by molar-refractivity contribution is 6.31. The number of aliphatic carboxylic acids is 1. The first-order valence-electron chi connectivity index (χ1n) is 6.51. The number of carboxylic acids is 1.